The molecule has 1 aliphatic heterocycles. The zero-order valence-electron chi connectivity index (χ0n) is 20.6. The van der Waals surface area contributed by atoms with Crippen molar-refractivity contribution in [3.63, 3.8) is 0 Å². The van der Waals surface area contributed by atoms with Crippen molar-refractivity contribution in [3.8, 4) is 0 Å². The van der Waals surface area contributed by atoms with Crippen LogP contribution in [0.2, 0.25) is 0 Å². The first kappa shape index (κ1) is 25.6. The molecule has 1 aliphatic carbocycles. The number of nitrogens with zero attached hydrogens (tertiary/aromatic N) is 4. The third-order valence-corrected chi connectivity index (χ3v) is 6.81. The molecule has 33 heavy (non-hydrogen) atoms. The Balaban J connectivity index is 1.77. The number of carbonyl (C=O) groups excluding carboxylic acids is 1. The quantitative estimate of drug-likeness (QED) is 0.556. The molecule has 2 heterocycles. The van der Waals surface area contributed by atoms with Crippen molar-refractivity contribution in [2.24, 2.45) is 5.92 Å². The third kappa shape index (κ3) is 7.22. The number of anilines is 1. The highest BCUT2D eigenvalue weighted by Gasteiger charge is 2.27. The first-order valence-electron chi connectivity index (χ1n) is 12.4. The number of hydrogen-bond donors (Lipinski definition) is 2. The van der Waals surface area contributed by atoms with Gasteiger partial charge in [-0.3, -0.25) is 9.69 Å². The van der Waals surface area contributed by atoms with E-state index in [4.69, 9.17) is 9.72 Å². The highest BCUT2D eigenvalue weighted by Crippen LogP contribution is 2.35. The Labute approximate surface area is 198 Å². The summed E-state index contributed by atoms with van der Waals surface area (Å²) in [5.41, 5.74) is 2.02. The van der Waals surface area contributed by atoms with Crippen LogP contribution in [-0.4, -0.2) is 89.4 Å². The second-order valence-corrected chi connectivity index (χ2v) is 9.50. The summed E-state index contributed by atoms with van der Waals surface area (Å²) in [7, 11) is 1.84. The molecule has 0 radical (unpaired) electrons. The number of allylic oxidation sites excluding steroid dienone is 1. The van der Waals surface area contributed by atoms with Crippen LogP contribution < -0.4 is 5.32 Å². The lowest BCUT2D eigenvalue weighted by Crippen LogP contribution is -2.42. The predicted molar refractivity (Wildman–Crippen MR) is 131 cm³/mol. The van der Waals surface area contributed by atoms with Crippen LogP contribution in [0.3, 0.4) is 0 Å². The molecule has 1 aromatic heterocycles. The van der Waals surface area contributed by atoms with Gasteiger partial charge >= 0.3 is 0 Å². The standard InChI is InChI=1S/C25H41N5O3/c1-5-6-18(2)27-25-26-17-22(23(28-25)19(3)20-7-9-21(31)10-8-20)24(32)29(4)11-12-30-13-15-33-16-14-30/h17-18,20-21,31H,3,5-16H2,1-2,4H3,(H,26,27,28)/t18?,20-,21-. The van der Waals surface area contributed by atoms with Gasteiger partial charge in [-0.1, -0.05) is 19.9 Å². The van der Waals surface area contributed by atoms with Gasteiger partial charge in [0, 0.05) is 45.5 Å². The van der Waals surface area contributed by atoms with Crippen molar-refractivity contribution in [1.29, 1.82) is 0 Å². The van der Waals surface area contributed by atoms with E-state index in [1.807, 2.05) is 7.05 Å². The number of hydrogen-bond acceptors (Lipinski definition) is 7. The SMILES string of the molecule is C=C(c1nc(NC(C)CCC)ncc1C(=O)N(C)CCN1CCOCC1)[C@H]1CC[C@H](O)CC1. The summed E-state index contributed by atoms with van der Waals surface area (Å²) in [5.74, 6) is 0.674. The predicted octanol–water partition coefficient (Wildman–Crippen LogP) is 3.05. The molecule has 1 atom stereocenters. The van der Waals surface area contributed by atoms with E-state index in [0.717, 1.165) is 76.9 Å². The molecule has 2 N–H and O–H groups in total. The van der Waals surface area contributed by atoms with Gasteiger partial charge in [-0.25, -0.2) is 9.97 Å². The molecular formula is C25H41N5O3. The molecule has 0 bridgehead atoms. The molecule has 1 unspecified atom stereocenters. The van der Waals surface area contributed by atoms with Gasteiger partial charge in [0.25, 0.3) is 5.91 Å². The topological polar surface area (TPSA) is 90.8 Å². The average Bonchev–Trinajstić information content (AvgIpc) is 2.83. The fourth-order valence-electron chi connectivity index (χ4n) is 4.62. The minimum absolute atomic E-state index is 0.0802. The molecule has 8 nitrogen and oxygen atoms in total. The van der Waals surface area contributed by atoms with E-state index in [9.17, 15) is 9.90 Å². The van der Waals surface area contributed by atoms with E-state index in [1.54, 1.807) is 11.1 Å². The van der Waals surface area contributed by atoms with Crippen LogP contribution in [0.5, 0.6) is 0 Å². The third-order valence-electron chi connectivity index (χ3n) is 6.81. The summed E-state index contributed by atoms with van der Waals surface area (Å²) in [6, 6.07) is 0.249. The van der Waals surface area contributed by atoms with Gasteiger partial charge in [0.15, 0.2) is 0 Å². The lowest BCUT2D eigenvalue weighted by atomic mass is 9.81. The van der Waals surface area contributed by atoms with E-state index in [0.29, 0.717) is 23.8 Å². The van der Waals surface area contributed by atoms with Gasteiger partial charge in [0.1, 0.15) is 0 Å². The Bertz CT molecular complexity index is 788. The van der Waals surface area contributed by atoms with Crippen LogP contribution in [-0.2, 0) is 4.74 Å². The normalized spacial score (nSPS) is 22.5. The molecule has 184 valence electrons. The first-order valence-corrected chi connectivity index (χ1v) is 12.4. The van der Waals surface area contributed by atoms with Crippen molar-refractivity contribution in [1.82, 2.24) is 19.8 Å². The van der Waals surface area contributed by atoms with Gasteiger partial charge in [-0.2, -0.15) is 0 Å². The Morgan fingerprint density at radius 2 is 2.03 bits per heavy atom. The average molecular weight is 460 g/mol. The Hall–Kier alpha value is -2.03. The highest BCUT2D eigenvalue weighted by atomic mass is 16.5. The number of ether oxygens (including phenoxy) is 1. The zero-order chi connectivity index (χ0) is 23.8. The van der Waals surface area contributed by atoms with E-state index >= 15 is 0 Å². The lowest BCUT2D eigenvalue weighted by molar-refractivity contribution is 0.0338. The summed E-state index contributed by atoms with van der Waals surface area (Å²) < 4.78 is 5.41. The molecule has 3 rings (SSSR count). The van der Waals surface area contributed by atoms with Crippen LogP contribution in [0.1, 0.15) is 68.4 Å². The molecule has 2 aliphatic rings. The Kier molecular flexibility index (Phi) is 9.64. The number of aliphatic hydroxyl groups is 1. The first-order chi connectivity index (χ1) is 15.9. The van der Waals surface area contributed by atoms with Crippen molar-refractivity contribution < 1.29 is 14.6 Å². The molecule has 1 saturated carbocycles. The van der Waals surface area contributed by atoms with Crippen molar-refractivity contribution in [2.45, 2.75) is 64.5 Å². The van der Waals surface area contributed by atoms with Crippen molar-refractivity contribution in [2.75, 3.05) is 51.8 Å². The molecular weight excluding hydrogens is 418 g/mol. The maximum Gasteiger partial charge on any atom is 0.257 e. The maximum absolute atomic E-state index is 13.4. The Morgan fingerprint density at radius 1 is 1.33 bits per heavy atom. The van der Waals surface area contributed by atoms with Gasteiger partial charge in [0.05, 0.1) is 30.6 Å². The Morgan fingerprint density at radius 3 is 2.70 bits per heavy atom. The molecule has 2 fully saturated rings. The number of carbonyl (C=O) groups is 1. The molecule has 1 amide bonds. The smallest absolute Gasteiger partial charge is 0.257 e. The second-order valence-electron chi connectivity index (χ2n) is 9.50. The lowest BCUT2D eigenvalue weighted by Gasteiger charge is -2.29. The van der Waals surface area contributed by atoms with Crippen LogP contribution in [0.25, 0.3) is 5.57 Å². The van der Waals surface area contributed by atoms with E-state index in [1.165, 1.54) is 0 Å². The van der Waals surface area contributed by atoms with E-state index < -0.39 is 0 Å². The van der Waals surface area contributed by atoms with E-state index in [-0.39, 0.29) is 24.0 Å². The van der Waals surface area contributed by atoms with E-state index in [2.05, 4.69) is 35.6 Å². The molecule has 1 aromatic rings. The van der Waals surface area contributed by atoms with Crippen molar-refractivity contribution in [3.05, 3.63) is 24.0 Å². The number of morpholine rings is 1. The number of rotatable bonds is 10. The van der Waals surface area contributed by atoms with Crippen LogP contribution in [0, 0.1) is 5.92 Å². The zero-order valence-corrected chi connectivity index (χ0v) is 20.6. The number of aromatic nitrogens is 2. The summed E-state index contributed by atoms with van der Waals surface area (Å²) in [4.78, 5) is 26.7. The number of aliphatic hydroxyl groups excluding tert-OH is 1. The fourth-order valence-corrected chi connectivity index (χ4v) is 4.62. The van der Waals surface area contributed by atoms with Crippen LogP contribution >= 0.6 is 0 Å². The van der Waals surface area contributed by atoms with Gasteiger partial charge < -0.3 is 20.1 Å². The second kappa shape index (κ2) is 12.4. The molecule has 8 heteroatoms. The van der Waals surface area contributed by atoms with Gasteiger partial charge in [-0.05, 0) is 50.5 Å². The number of nitrogens with one attached hydrogen (secondary N) is 1. The summed E-state index contributed by atoms with van der Waals surface area (Å²) in [6.07, 6.45) is 6.75. The summed E-state index contributed by atoms with van der Waals surface area (Å²) in [6.45, 7) is 13.4. The van der Waals surface area contributed by atoms with Gasteiger partial charge in [-0.15, -0.1) is 0 Å². The summed E-state index contributed by atoms with van der Waals surface area (Å²) in [5, 5.41) is 13.3. The van der Waals surface area contributed by atoms with Crippen LogP contribution in [0.15, 0.2) is 12.8 Å². The van der Waals surface area contributed by atoms with Gasteiger partial charge in [0.2, 0.25) is 5.95 Å². The molecule has 0 aromatic carbocycles. The highest BCUT2D eigenvalue weighted by molar-refractivity contribution is 5.98. The number of likely N-dealkylation sites (N-methyl/N-ethyl adjacent to an activating group) is 1. The number of amides is 1. The molecule has 1 saturated heterocycles. The van der Waals surface area contributed by atoms with Crippen molar-refractivity contribution >= 4 is 17.4 Å². The maximum atomic E-state index is 13.4. The summed E-state index contributed by atoms with van der Waals surface area (Å²) >= 11 is 0. The van der Waals surface area contributed by atoms with Crippen LogP contribution in [0.4, 0.5) is 5.95 Å². The molecule has 0 spiro atoms. The fraction of sp³-hybridized carbons (Fsp3) is 0.720. The largest absolute Gasteiger partial charge is 0.393 e. The minimum atomic E-state index is -0.237. The minimum Gasteiger partial charge on any atom is -0.393 e. The monoisotopic (exact) mass is 459 g/mol.